The Labute approximate surface area is 70.2 Å². The van der Waals surface area contributed by atoms with Crippen molar-refractivity contribution in [2.75, 3.05) is 0 Å². The smallest absolute Gasteiger partial charge is 0.269 e. The van der Waals surface area contributed by atoms with Gasteiger partial charge in [0.1, 0.15) is 0 Å². The molecule has 0 unspecified atom stereocenters. The van der Waals surface area contributed by atoms with Gasteiger partial charge in [0.05, 0.1) is 0 Å². The molecule has 0 spiro atoms. The molecule has 0 saturated carbocycles. The molecule has 2 N–H and O–H groups in total. The highest BCUT2D eigenvalue weighted by Crippen LogP contribution is 1.98. The molecule has 4 nitrogen and oxygen atoms in total. The minimum Gasteiger partial charge on any atom is -0.364 e. The van der Waals surface area contributed by atoms with Gasteiger partial charge in [0.15, 0.2) is 5.69 Å². The highest BCUT2D eigenvalue weighted by atomic mass is 35.5. The van der Waals surface area contributed by atoms with E-state index in [9.17, 15) is 4.79 Å². The van der Waals surface area contributed by atoms with E-state index >= 15 is 0 Å². The highest BCUT2D eigenvalue weighted by molar-refractivity contribution is 5.91. The number of carbonyl (C=O) groups excluding carboxylic acids is 1. The lowest BCUT2D eigenvalue weighted by atomic mass is 10.2. The maximum atomic E-state index is 10.5. The van der Waals surface area contributed by atoms with Crippen LogP contribution in [0.4, 0.5) is 0 Å². The maximum absolute atomic E-state index is 10.5. The molecule has 0 radical (unpaired) electrons. The van der Waals surface area contributed by atoms with Crippen molar-refractivity contribution < 1.29 is 4.79 Å². The molecule has 0 bridgehead atoms. The zero-order valence-corrected chi connectivity index (χ0v) is 6.76. The lowest BCUT2D eigenvalue weighted by molar-refractivity contribution is 0.0994. The van der Waals surface area contributed by atoms with Crippen molar-refractivity contribution in [1.29, 1.82) is 0 Å². The lowest BCUT2D eigenvalue weighted by Gasteiger charge is -1.94. The Balaban J connectivity index is 0.000001000. The van der Waals surface area contributed by atoms with Crippen molar-refractivity contribution in [2.45, 2.75) is 6.92 Å². The number of hydrogen-bond donors (Lipinski definition) is 1. The molecule has 0 aliphatic carbocycles. The van der Waals surface area contributed by atoms with Crippen LogP contribution in [0.2, 0.25) is 0 Å². The van der Waals surface area contributed by atoms with E-state index in [-0.39, 0.29) is 18.1 Å². The van der Waals surface area contributed by atoms with Crippen LogP contribution in [0.15, 0.2) is 12.3 Å². The number of amides is 1. The fourth-order valence-electron chi connectivity index (χ4n) is 0.638. The Morgan fingerprint density at radius 3 is 2.64 bits per heavy atom. The number of aryl methyl sites for hydroxylation is 1. The van der Waals surface area contributed by atoms with E-state index in [0.717, 1.165) is 5.56 Å². The summed E-state index contributed by atoms with van der Waals surface area (Å²) in [7, 11) is 0. The SMILES string of the molecule is Cc1ccnnc1C(N)=O.Cl. The maximum Gasteiger partial charge on any atom is 0.269 e. The first-order valence-electron chi connectivity index (χ1n) is 2.80. The Hall–Kier alpha value is -1.16. The van der Waals surface area contributed by atoms with Gasteiger partial charge in [0.2, 0.25) is 0 Å². The van der Waals surface area contributed by atoms with Crippen molar-refractivity contribution in [3.8, 4) is 0 Å². The summed E-state index contributed by atoms with van der Waals surface area (Å²) in [5, 5.41) is 7.07. The van der Waals surface area contributed by atoms with E-state index in [1.165, 1.54) is 6.20 Å². The van der Waals surface area contributed by atoms with Crippen LogP contribution in [-0.4, -0.2) is 16.1 Å². The summed E-state index contributed by atoms with van der Waals surface area (Å²) >= 11 is 0. The zero-order chi connectivity index (χ0) is 7.56. The van der Waals surface area contributed by atoms with Gasteiger partial charge in [0, 0.05) is 6.20 Å². The van der Waals surface area contributed by atoms with Gasteiger partial charge < -0.3 is 5.73 Å². The number of aromatic nitrogens is 2. The number of halogens is 1. The van der Waals surface area contributed by atoms with Crippen molar-refractivity contribution in [1.82, 2.24) is 10.2 Å². The molecule has 0 atom stereocenters. The molecule has 5 heteroatoms. The quantitative estimate of drug-likeness (QED) is 0.665. The molecule has 11 heavy (non-hydrogen) atoms. The summed E-state index contributed by atoms with van der Waals surface area (Å²) in [5.74, 6) is -0.536. The minimum atomic E-state index is -0.536. The molecule has 1 heterocycles. The third-order valence-corrected chi connectivity index (χ3v) is 1.16. The van der Waals surface area contributed by atoms with Gasteiger partial charge >= 0.3 is 0 Å². The summed E-state index contributed by atoms with van der Waals surface area (Å²) in [4.78, 5) is 10.5. The van der Waals surface area contributed by atoms with Crippen LogP contribution in [0.3, 0.4) is 0 Å². The molecule has 0 saturated heterocycles. The third-order valence-electron chi connectivity index (χ3n) is 1.16. The summed E-state index contributed by atoms with van der Waals surface area (Å²) in [6.07, 6.45) is 1.52. The average molecular weight is 174 g/mol. The number of rotatable bonds is 1. The van der Waals surface area contributed by atoms with Gasteiger partial charge in [0.25, 0.3) is 5.91 Å². The molecule has 1 amide bonds. The predicted molar refractivity (Wildman–Crippen MR) is 42.5 cm³/mol. The van der Waals surface area contributed by atoms with E-state index < -0.39 is 5.91 Å². The molecule has 0 aliphatic rings. The van der Waals surface area contributed by atoms with Crippen LogP contribution in [0.25, 0.3) is 0 Å². The fourth-order valence-corrected chi connectivity index (χ4v) is 0.638. The molecular formula is C6H8ClN3O. The molecule has 60 valence electrons. The molecule has 0 aromatic carbocycles. The third kappa shape index (κ3) is 2.16. The van der Waals surface area contributed by atoms with Gasteiger partial charge in [-0.3, -0.25) is 4.79 Å². The second kappa shape index (κ2) is 3.88. The topological polar surface area (TPSA) is 68.9 Å². The van der Waals surface area contributed by atoms with Crippen LogP contribution >= 0.6 is 12.4 Å². The molecule has 0 aliphatic heterocycles. The van der Waals surface area contributed by atoms with E-state index in [4.69, 9.17) is 5.73 Å². The van der Waals surface area contributed by atoms with E-state index in [1.54, 1.807) is 13.0 Å². The van der Waals surface area contributed by atoms with Crippen molar-refractivity contribution in [3.05, 3.63) is 23.5 Å². The summed E-state index contributed by atoms with van der Waals surface area (Å²) in [6.45, 7) is 1.76. The van der Waals surface area contributed by atoms with Crippen LogP contribution in [0.5, 0.6) is 0 Å². The van der Waals surface area contributed by atoms with Gasteiger partial charge in [-0.15, -0.1) is 17.5 Å². The summed E-state index contributed by atoms with van der Waals surface area (Å²) in [5.41, 5.74) is 5.96. The molecular weight excluding hydrogens is 166 g/mol. The summed E-state index contributed by atoms with van der Waals surface area (Å²) < 4.78 is 0. The van der Waals surface area contributed by atoms with Crippen LogP contribution in [0.1, 0.15) is 16.1 Å². The number of primary amides is 1. The minimum absolute atomic E-state index is 0. The first kappa shape index (κ1) is 9.84. The number of nitrogens with two attached hydrogens (primary N) is 1. The largest absolute Gasteiger partial charge is 0.364 e. The second-order valence-electron chi connectivity index (χ2n) is 1.93. The van der Waals surface area contributed by atoms with Crippen molar-refractivity contribution >= 4 is 18.3 Å². The normalized spacial score (nSPS) is 8.45. The van der Waals surface area contributed by atoms with Gasteiger partial charge in [-0.1, -0.05) is 0 Å². The van der Waals surface area contributed by atoms with Gasteiger partial charge in [-0.25, -0.2) is 0 Å². The number of carbonyl (C=O) groups is 1. The Morgan fingerprint density at radius 2 is 2.27 bits per heavy atom. The lowest BCUT2D eigenvalue weighted by Crippen LogP contribution is -2.15. The Kier molecular flexibility index (Phi) is 3.47. The van der Waals surface area contributed by atoms with E-state index in [0.29, 0.717) is 0 Å². The first-order chi connectivity index (χ1) is 4.72. The summed E-state index contributed by atoms with van der Waals surface area (Å²) in [6, 6.07) is 1.69. The van der Waals surface area contributed by atoms with Crippen LogP contribution < -0.4 is 5.73 Å². The van der Waals surface area contributed by atoms with Crippen LogP contribution in [0, 0.1) is 6.92 Å². The predicted octanol–water partition coefficient (Wildman–Crippen LogP) is 0.306. The zero-order valence-electron chi connectivity index (χ0n) is 5.94. The first-order valence-corrected chi connectivity index (χ1v) is 2.80. The molecule has 1 aromatic rings. The van der Waals surface area contributed by atoms with E-state index in [2.05, 4.69) is 10.2 Å². The number of hydrogen-bond acceptors (Lipinski definition) is 3. The fraction of sp³-hybridized carbons (Fsp3) is 0.167. The second-order valence-corrected chi connectivity index (χ2v) is 1.93. The van der Waals surface area contributed by atoms with Crippen molar-refractivity contribution in [2.24, 2.45) is 5.73 Å². The van der Waals surface area contributed by atoms with Gasteiger partial charge in [-0.2, -0.15) is 5.10 Å². The van der Waals surface area contributed by atoms with Crippen LogP contribution in [-0.2, 0) is 0 Å². The highest BCUT2D eigenvalue weighted by Gasteiger charge is 2.04. The Morgan fingerprint density at radius 1 is 1.64 bits per heavy atom. The number of nitrogens with zero attached hydrogens (tertiary/aromatic N) is 2. The van der Waals surface area contributed by atoms with Gasteiger partial charge in [-0.05, 0) is 18.6 Å². The monoisotopic (exact) mass is 173 g/mol. The molecule has 1 rings (SSSR count). The molecule has 0 fully saturated rings. The standard InChI is InChI=1S/C6H7N3O.ClH/c1-4-2-3-8-9-5(4)6(7)10;/h2-3H,1H3,(H2,7,10);1H. The Bertz CT molecular complexity index is 264. The van der Waals surface area contributed by atoms with Crippen molar-refractivity contribution in [3.63, 3.8) is 0 Å². The average Bonchev–Trinajstić information content (AvgIpc) is 1.88. The van der Waals surface area contributed by atoms with E-state index in [1.807, 2.05) is 0 Å². The molecule has 1 aromatic heterocycles.